The highest BCUT2D eigenvalue weighted by atomic mass is 32.2. The number of hydrogen-bond acceptors (Lipinski definition) is 5. The van der Waals surface area contributed by atoms with Crippen LogP contribution in [0, 0.1) is 0 Å². The topological polar surface area (TPSA) is 86.2 Å². The smallest absolute Gasteiger partial charge is 0.198 e. The van der Waals surface area contributed by atoms with Crippen LogP contribution in [-0.4, -0.2) is 30.9 Å². The Labute approximate surface area is 95.0 Å². The quantitative estimate of drug-likeness (QED) is 0.835. The molecule has 1 aromatic rings. The van der Waals surface area contributed by atoms with E-state index in [1.165, 1.54) is 0 Å². The number of sulfone groups is 1. The number of aromatic nitrogens is 1. The largest absolute Gasteiger partial charge is 0.445 e. The van der Waals surface area contributed by atoms with Crippen molar-refractivity contribution in [2.24, 2.45) is 5.73 Å². The Bertz CT molecular complexity index is 464. The summed E-state index contributed by atoms with van der Waals surface area (Å²) in [6.45, 7) is 1.89. The molecular formula is C10H16N2O3S. The molecule has 1 saturated heterocycles. The van der Waals surface area contributed by atoms with Crippen molar-refractivity contribution in [1.29, 1.82) is 0 Å². The monoisotopic (exact) mass is 244 g/mol. The number of nitrogens with zero attached hydrogens (tertiary/aromatic N) is 1. The fourth-order valence-electron chi connectivity index (χ4n) is 1.91. The molecule has 1 aliphatic rings. The fourth-order valence-corrected chi connectivity index (χ4v) is 3.65. The van der Waals surface area contributed by atoms with Gasteiger partial charge in [0.1, 0.15) is 5.76 Å². The van der Waals surface area contributed by atoms with Gasteiger partial charge in [-0.2, -0.15) is 0 Å². The third-order valence-corrected chi connectivity index (χ3v) is 4.44. The van der Waals surface area contributed by atoms with Gasteiger partial charge in [-0.3, -0.25) is 0 Å². The predicted octanol–water partition coefficient (Wildman–Crippen LogP) is 0.466. The first-order valence-electron chi connectivity index (χ1n) is 5.37. The Kier molecular flexibility index (Phi) is 3.03. The molecule has 2 unspecified atom stereocenters. The summed E-state index contributed by atoms with van der Waals surface area (Å²) in [5.41, 5.74) is 5.65. The summed E-state index contributed by atoms with van der Waals surface area (Å²) in [4.78, 5) is 4.13. The Balaban J connectivity index is 2.08. The van der Waals surface area contributed by atoms with Crippen molar-refractivity contribution in [1.82, 2.24) is 4.98 Å². The van der Waals surface area contributed by atoms with E-state index in [9.17, 15) is 8.42 Å². The molecule has 0 aromatic carbocycles. The lowest BCUT2D eigenvalue weighted by Crippen LogP contribution is -2.17. The van der Waals surface area contributed by atoms with Gasteiger partial charge in [0.15, 0.2) is 15.7 Å². The molecular weight excluding hydrogens is 228 g/mol. The maximum absolute atomic E-state index is 11.3. The van der Waals surface area contributed by atoms with Crippen LogP contribution in [0.1, 0.15) is 30.9 Å². The van der Waals surface area contributed by atoms with Gasteiger partial charge in [0.05, 0.1) is 23.6 Å². The summed E-state index contributed by atoms with van der Waals surface area (Å²) in [5, 5.41) is 0. The molecule has 16 heavy (non-hydrogen) atoms. The third kappa shape index (κ3) is 2.62. The Morgan fingerprint density at radius 3 is 3.00 bits per heavy atom. The minimum absolute atomic E-state index is 0.0214. The molecule has 0 spiro atoms. The van der Waals surface area contributed by atoms with Crippen LogP contribution in [0.25, 0.3) is 0 Å². The van der Waals surface area contributed by atoms with Gasteiger partial charge in [0, 0.05) is 12.5 Å². The zero-order chi connectivity index (χ0) is 11.8. The van der Waals surface area contributed by atoms with E-state index in [0.717, 1.165) is 5.76 Å². The maximum atomic E-state index is 11.3. The van der Waals surface area contributed by atoms with Gasteiger partial charge in [0.2, 0.25) is 0 Å². The number of nitrogens with two attached hydrogens (primary N) is 1. The van der Waals surface area contributed by atoms with Crippen molar-refractivity contribution in [3.05, 3.63) is 17.8 Å². The van der Waals surface area contributed by atoms with Crippen LogP contribution in [0.3, 0.4) is 0 Å². The molecule has 1 aromatic heterocycles. The minimum Gasteiger partial charge on any atom is -0.445 e. The number of hydrogen-bond donors (Lipinski definition) is 1. The van der Waals surface area contributed by atoms with Gasteiger partial charge in [-0.25, -0.2) is 13.4 Å². The molecule has 2 rings (SSSR count). The first-order valence-corrected chi connectivity index (χ1v) is 7.19. The van der Waals surface area contributed by atoms with Gasteiger partial charge < -0.3 is 10.2 Å². The van der Waals surface area contributed by atoms with Gasteiger partial charge in [-0.15, -0.1) is 0 Å². The average Bonchev–Trinajstić information content (AvgIpc) is 2.71. The lowest BCUT2D eigenvalue weighted by molar-refractivity contribution is 0.421. The average molecular weight is 244 g/mol. The molecule has 2 heterocycles. The van der Waals surface area contributed by atoms with Gasteiger partial charge in [0.25, 0.3) is 0 Å². The second-order valence-corrected chi connectivity index (χ2v) is 6.67. The van der Waals surface area contributed by atoms with Crippen molar-refractivity contribution >= 4 is 9.84 Å². The summed E-state index contributed by atoms with van der Waals surface area (Å²) < 4.78 is 28.1. The van der Waals surface area contributed by atoms with Crippen LogP contribution < -0.4 is 5.73 Å². The van der Waals surface area contributed by atoms with Gasteiger partial charge >= 0.3 is 0 Å². The van der Waals surface area contributed by atoms with E-state index in [2.05, 4.69) is 4.98 Å². The highest BCUT2D eigenvalue weighted by Gasteiger charge is 2.32. The summed E-state index contributed by atoms with van der Waals surface area (Å²) >= 11 is 0. The Morgan fingerprint density at radius 1 is 1.69 bits per heavy atom. The first-order chi connectivity index (χ1) is 7.46. The van der Waals surface area contributed by atoms with E-state index in [0.29, 0.717) is 18.7 Å². The second kappa shape index (κ2) is 4.18. The van der Waals surface area contributed by atoms with E-state index in [-0.39, 0.29) is 23.5 Å². The molecule has 0 amide bonds. The summed E-state index contributed by atoms with van der Waals surface area (Å²) in [6, 6.07) is 0.0214. The van der Waals surface area contributed by atoms with Crippen molar-refractivity contribution in [2.75, 3.05) is 11.5 Å². The molecule has 5 nitrogen and oxygen atoms in total. The predicted molar refractivity (Wildman–Crippen MR) is 59.9 cm³/mol. The molecule has 0 saturated carbocycles. The molecule has 0 bridgehead atoms. The molecule has 0 radical (unpaired) electrons. The van der Waals surface area contributed by atoms with Crippen LogP contribution >= 0.6 is 0 Å². The lowest BCUT2D eigenvalue weighted by atomic mass is 10.1. The normalized spacial score (nSPS) is 25.8. The Hall–Kier alpha value is -0.880. The lowest BCUT2D eigenvalue weighted by Gasteiger charge is -2.02. The summed E-state index contributed by atoms with van der Waals surface area (Å²) in [5.74, 6) is 1.59. The standard InChI is InChI=1S/C10H16N2O3S/c1-7(11)4-9-5-12-10(15-9)8-2-3-16(13,14)6-8/h5,7-8H,2-4,6,11H2,1H3. The van der Waals surface area contributed by atoms with E-state index in [1.807, 2.05) is 6.92 Å². The summed E-state index contributed by atoms with van der Waals surface area (Å²) in [7, 11) is -2.88. The van der Waals surface area contributed by atoms with Crippen LogP contribution in [0.15, 0.2) is 10.6 Å². The minimum atomic E-state index is -2.88. The molecule has 2 N–H and O–H groups in total. The van der Waals surface area contributed by atoms with Crippen LogP contribution in [0.2, 0.25) is 0 Å². The van der Waals surface area contributed by atoms with Gasteiger partial charge in [-0.05, 0) is 13.3 Å². The third-order valence-electron chi connectivity index (χ3n) is 2.68. The van der Waals surface area contributed by atoms with Crippen molar-refractivity contribution in [2.45, 2.75) is 31.7 Å². The second-order valence-electron chi connectivity index (χ2n) is 4.45. The number of rotatable bonds is 3. The molecule has 6 heteroatoms. The Morgan fingerprint density at radius 2 is 2.44 bits per heavy atom. The zero-order valence-electron chi connectivity index (χ0n) is 9.22. The van der Waals surface area contributed by atoms with E-state index >= 15 is 0 Å². The summed E-state index contributed by atoms with van der Waals surface area (Å²) in [6.07, 6.45) is 2.89. The first kappa shape index (κ1) is 11.6. The van der Waals surface area contributed by atoms with Crippen LogP contribution in [0.4, 0.5) is 0 Å². The number of oxazole rings is 1. The molecule has 90 valence electrons. The van der Waals surface area contributed by atoms with Gasteiger partial charge in [-0.1, -0.05) is 0 Å². The van der Waals surface area contributed by atoms with Crippen molar-refractivity contribution < 1.29 is 12.8 Å². The van der Waals surface area contributed by atoms with Crippen molar-refractivity contribution in [3.8, 4) is 0 Å². The highest BCUT2D eigenvalue weighted by molar-refractivity contribution is 7.91. The molecule has 0 aliphatic carbocycles. The van der Waals surface area contributed by atoms with Crippen LogP contribution in [0.5, 0.6) is 0 Å². The maximum Gasteiger partial charge on any atom is 0.198 e. The zero-order valence-corrected chi connectivity index (χ0v) is 10.0. The molecule has 1 aliphatic heterocycles. The molecule has 2 atom stereocenters. The SMILES string of the molecule is CC(N)Cc1cnc(C2CCS(=O)(=O)C2)o1. The fraction of sp³-hybridized carbons (Fsp3) is 0.700. The highest BCUT2D eigenvalue weighted by Crippen LogP contribution is 2.28. The van der Waals surface area contributed by atoms with Crippen LogP contribution in [-0.2, 0) is 16.3 Å². The van der Waals surface area contributed by atoms with E-state index in [4.69, 9.17) is 10.2 Å². The molecule has 1 fully saturated rings. The van der Waals surface area contributed by atoms with Crippen molar-refractivity contribution in [3.63, 3.8) is 0 Å². The van der Waals surface area contributed by atoms with E-state index < -0.39 is 9.84 Å². The van der Waals surface area contributed by atoms with E-state index in [1.54, 1.807) is 6.20 Å².